The van der Waals surface area contributed by atoms with Gasteiger partial charge in [-0.1, -0.05) is 0 Å². The zero-order valence-corrected chi connectivity index (χ0v) is 8.26. The first-order valence-electron chi connectivity index (χ1n) is 4.60. The SMILES string of the molecule is CC1(C)CCC(C)(CCN)N1[O]. The molecule has 0 spiro atoms. The van der Waals surface area contributed by atoms with Crippen molar-refractivity contribution in [3.8, 4) is 0 Å². The van der Waals surface area contributed by atoms with Gasteiger partial charge in [-0.3, -0.25) is 0 Å². The van der Waals surface area contributed by atoms with Crippen LogP contribution in [0.5, 0.6) is 0 Å². The lowest BCUT2D eigenvalue weighted by atomic mass is 9.95. The Kier molecular flexibility index (Phi) is 2.47. The minimum Gasteiger partial charge on any atom is -0.330 e. The van der Waals surface area contributed by atoms with E-state index in [0.717, 1.165) is 19.3 Å². The fourth-order valence-electron chi connectivity index (χ4n) is 2.05. The predicted octanol–water partition coefficient (Wildman–Crippen LogP) is 1.31. The fourth-order valence-corrected chi connectivity index (χ4v) is 2.05. The van der Waals surface area contributed by atoms with Crippen LogP contribution in [0.3, 0.4) is 0 Å². The van der Waals surface area contributed by atoms with Crippen LogP contribution >= 0.6 is 0 Å². The van der Waals surface area contributed by atoms with Crippen LogP contribution in [0, 0.1) is 0 Å². The third kappa shape index (κ3) is 1.49. The first-order valence-corrected chi connectivity index (χ1v) is 4.60. The van der Waals surface area contributed by atoms with Crippen LogP contribution < -0.4 is 5.73 Å². The summed E-state index contributed by atoms with van der Waals surface area (Å²) in [5.41, 5.74) is 5.08. The predicted molar refractivity (Wildman–Crippen MR) is 47.9 cm³/mol. The van der Waals surface area contributed by atoms with Crippen LogP contribution in [0.25, 0.3) is 0 Å². The van der Waals surface area contributed by atoms with E-state index in [2.05, 4.69) is 0 Å². The molecule has 1 aliphatic heterocycles. The fraction of sp³-hybridized carbons (Fsp3) is 1.00. The summed E-state index contributed by atoms with van der Waals surface area (Å²) >= 11 is 0. The first-order chi connectivity index (χ1) is 5.42. The number of nitrogens with two attached hydrogens (primary N) is 1. The molecular formula is C9H19N2O. The molecule has 1 rings (SSSR count). The third-order valence-electron chi connectivity index (χ3n) is 3.00. The summed E-state index contributed by atoms with van der Waals surface area (Å²) in [6.07, 6.45) is 2.76. The van der Waals surface area contributed by atoms with Gasteiger partial charge in [-0.15, -0.1) is 10.3 Å². The summed E-state index contributed by atoms with van der Waals surface area (Å²) in [6.45, 7) is 6.62. The van der Waals surface area contributed by atoms with Gasteiger partial charge in [0.2, 0.25) is 0 Å². The average molecular weight is 171 g/mol. The summed E-state index contributed by atoms with van der Waals surface area (Å²) in [6, 6.07) is 0. The Morgan fingerprint density at radius 3 is 2.25 bits per heavy atom. The van der Waals surface area contributed by atoms with Gasteiger partial charge < -0.3 is 5.73 Å². The Morgan fingerprint density at radius 1 is 1.33 bits per heavy atom. The van der Waals surface area contributed by atoms with E-state index in [1.807, 2.05) is 20.8 Å². The van der Waals surface area contributed by atoms with Crippen molar-refractivity contribution in [2.24, 2.45) is 5.73 Å². The first kappa shape index (κ1) is 9.96. The summed E-state index contributed by atoms with van der Waals surface area (Å²) in [5.74, 6) is 0. The topological polar surface area (TPSA) is 49.2 Å². The van der Waals surface area contributed by atoms with Crippen molar-refractivity contribution in [3.05, 3.63) is 0 Å². The number of nitrogens with zero attached hydrogens (tertiary/aromatic N) is 1. The van der Waals surface area contributed by atoms with Crippen molar-refractivity contribution in [1.82, 2.24) is 5.06 Å². The lowest BCUT2D eigenvalue weighted by Crippen LogP contribution is -2.47. The number of hydrogen-bond donors (Lipinski definition) is 1. The van der Waals surface area contributed by atoms with Gasteiger partial charge in [0.25, 0.3) is 0 Å². The Bertz CT molecular complexity index is 170. The summed E-state index contributed by atoms with van der Waals surface area (Å²) in [7, 11) is 0. The van der Waals surface area contributed by atoms with Crippen LogP contribution in [0.4, 0.5) is 0 Å². The Labute approximate surface area is 74.5 Å². The number of hydrogen-bond acceptors (Lipinski definition) is 2. The smallest absolute Gasteiger partial charge is 0.0484 e. The summed E-state index contributed by atoms with van der Waals surface area (Å²) in [5, 5.41) is 13.0. The lowest BCUT2D eigenvalue weighted by Gasteiger charge is -2.34. The zero-order chi connectivity index (χ0) is 9.41. The molecule has 0 aromatic rings. The highest BCUT2D eigenvalue weighted by molar-refractivity contribution is 4.98. The van der Waals surface area contributed by atoms with E-state index in [1.54, 1.807) is 0 Å². The third-order valence-corrected chi connectivity index (χ3v) is 3.00. The Hall–Kier alpha value is -0.120. The van der Waals surface area contributed by atoms with Crippen molar-refractivity contribution in [2.75, 3.05) is 6.54 Å². The van der Waals surface area contributed by atoms with Crippen LogP contribution in [-0.4, -0.2) is 22.7 Å². The van der Waals surface area contributed by atoms with E-state index in [9.17, 15) is 5.21 Å². The highest BCUT2D eigenvalue weighted by atomic mass is 16.5. The number of hydroxylamine groups is 2. The molecule has 2 N–H and O–H groups in total. The molecule has 0 aromatic heterocycles. The molecule has 0 saturated carbocycles. The second-order valence-corrected chi connectivity index (χ2v) is 4.64. The van der Waals surface area contributed by atoms with E-state index in [-0.39, 0.29) is 11.1 Å². The van der Waals surface area contributed by atoms with Crippen molar-refractivity contribution in [1.29, 1.82) is 0 Å². The van der Waals surface area contributed by atoms with Gasteiger partial charge in [0.15, 0.2) is 0 Å². The van der Waals surface area contributed by atoms with Crippen LogP contribution in [-0.2, 0) is 5.21 Å². The molecule has 1 fully saturated rings. The lowest BCUT2D eigenvalue weighted by molar-refractivity contribution is -0.249. The van der Waals surface area contributed by atoms with E-state index in [4.69, 9.17) is 5.73 Å². The maximum absolute atomic E-state index is 11.8. The molecular weight excluding hydrogens is 152 g/mol. The second kappa shape index (κ2) is 2.98. The van der Waals surface area contributed by atoms with Gasteiger partial charge in [-0.25, -0.2) is 0 Å². The summed E-state index contributed by atoms with van der Waals surface area (Å²) < 4.78 is 0. The Balaban J connectivity index is 2.71. The van der Waals surface area contributed by atoms with E-state index < -0.39 is 0 Å². The van der Waals surface area contributed by atoms with E-state index in [1.165, 1.54) is 5.06 Å². The minimum atomic E-state index is -0.210. The maximum Gasteiger partial charge on any atom is 0.0484 e. The van der Waals surface area contributed by atoms with Gasteiger partial charge in [0.05, 0.1) is 0 Å². The van der Waals surface area contributed by atoms with Crippen molar-refractivity contribution >= 4 is 0 Å². The van der Waals surface area contributed by atoms with Crippen molar-refractivity contribution in [2.45, 2.75) is 51.1 Å². The molecule has 0 amide bonds. The van der Waals surface area contributed by atoms with Gasteiger partial charge in [0, 0.05) is 11.1 Å². The van der Waals surface area contributed by atoms with E-state index in [0.29, 0.717) is 6.54 Å². The highest BCUT2D eigenvalue weighted by Gasteiger charge is 2.47. The maximum atomic E-state index is 11.8. The van der Waals surface area contributed by atoms with E-state index >= 15 is 0 Å². The molecule has 3 nitrogen and oxygen atoms in total. The Morgan fingerprint density at radius 2 is 1.92 bits per heavy atom. The molecule has 3 heteroatoms. The average Bonchev–Trinajstić information content (AvgIpc) is 2.17. The van der Waals surface area contributed by atoms with Crippen LogP contribution in [0.2, 0.25) is 0 Å². The highest BCUT2D eigenvalue weighted by Crippen LogP contribution is 2.40. The van der Waals surface area contributed by atoms with Crippen molar-refractivity contribution < 1.29 is 5.21 Å². The molecule has 0 aliphatic carbocycles. The normalized spacial score (nSPS) is 35.8. The molecule has 12 heavy (non-hydrogen) atoms. The molecule has 1 aliphatic rings. The van der Waals surface area contributed by atoms with Gasteiger partial charge >= 0.3 is 0 Å². The monoisotopic (exact) mass is 171 g/mol. The zero-order valence-electron chi connectivity index (χ0n) is 8.26. The largest absolute Gasteiger partial charge is 0.330 e. The molecule has 1 unspecified atom stereocenters. The van der Waals surface area contributed by atoms with Gasteiger partial charge in [-0.2, -0.15) is 0 Å². The second-order valence-electron chi connectivity index (χ2n) is 4.64. The molecule has 1 heterocycles. The van der Waals surface area contributed by atoms with Crippen LogP contribution in [0.15, 0.2) is 0 Å². The molecule has 1 radical (unpaired) electrons. The molecule has 71 valence electrons. The quantitative estimate of drug-likeness (QED) is 0.681. The van der Waals surface area contributed by atoms with Gasteiger partial charge in [-0.05, 0) is 46.6 Å². The van der Waals surface area contributed by atoms with Crippen molar-refractivity contribution in [3.63, 3.8) is 0 Å². The molecule has 0 bridgehead atoms. The summed E-state index contributed by atoms with van der Waals surface area (Å²) in [4.78, 5) is 0. The molecule has 1 atom stereocenters. The standard InChI is InChI=1S/C9H19N2O/c1-8(2)4-5-9(3,6-7-10)11(8)12/h4-7,10H2,1-3H3. The molecule has 0 aromatic carbocycles. The minimum absolute atomic E-state index is 0.191. The number of rotatable bonds is 2. The molecule has 1 saturated heterocycles. The van der Waals surface area contributed by atoms with Crippen LogP contribution in [0.1, 0.15) is 40.0 Å². The van der Waals surface area contributed by atoms with Gasteiger partial charge in [0.1, 0.15) is 0 Å².